The van der Waals surface area contributed by atoms with E-state index in [1.807, 2.05) is 0 Å². The number of aliphatic imine (C=N–C) groups is 1. The van der Waals surface area contributed by atoms with Crippen LogP contribution in [-0.2, 0) is 26.2 Å². The van der Waals surface area contributed by atoms with Crippen molar-refractivity contribution >= 4 is 39.6 Å². The summed E-state index contributed by atoms with van der Waals surface area (Å²) < 4.78 is 28.4. The van der Waals surface area contributed by atoms with E-state index in [9.17, 15) is 22.8 Å². The van der Waals surface area contributed by atoms with E-state index >= 15 is 0 Å². The van der Waals surface area contributed by atoms with Crippen molar-refractivity contribution in [3.8, 4) is 0 Å². The summed E-state index contributed by atoms with van der Waals surface area (Å²) in [5, 5.41) is 2.50. The molecule has 0 aliphatic rings. The lowest BCUT2D eigenvalue weighted by Gasteiger charge is -2.14. The van der Waals surface area contributed by atoms with Crippen LogP contribution in [0, 0.1) is 0 Å². The average Bonchev–Trinajstić information content (AvgIpc) is 2.73. The van der Waals surface area contributed by atoms with E-state index in [4.69, 9.17) is 17.2 Å². The second kappa shape index (κ2) is 10.9. The Bertz CT molecular complexity index is 1160. The molecule has 0 aliphatic heterocycles. The molecule has 1 aromatic heterocycles. The van der Waals surface area contributed by atoms with Gasteiger partial charge < -0.3 is 31.9 Å². The summed E-state index contributed by atoms with van der Waals surface area (Å²) in [6, 6.07) is 7.70. The van der Waals surface area contributed by atoms with Crippen LogP contribution in [0.3, 0.4) is 0 Å². The Hall–Kier alpha value is -3.87. The number of anilines is 2. The van der Waals surface area contributed by atoms with Crippen molar-refractivity contribution in [2.75, 3.05) is 17.0 Å². The molecule has 8 N–H and O–H groups in total. The average molecular weight is 464 g/mol. The van der Waals surface area contributed by atoms with Gasteiger partial charge in [-0.1, -0.05) is 12.1 Å². The Labute approximate surface area is 184 Å². The normalized spacial score (nSPS) is 11.9. The van der Waals surface area contributed by atoms with Crippen molar-refractivity contribution < 1.29 is 18.0 Å². The summed E-state index contributed by atoms with van der Waals surface area (Å²) in [7, 11) is -4.12. The molecule has 1 atom stereocenters. The van der Waals surface area contributed by atoms with Gasteiger partial charge in [0.2, 0.25) is 5.91 Å². The number of carbonyl (C=O) groups is 2. The third kappa shape index (κ3) is 6.84. The number of aromatic nitrogens is 1. The molecule has 12 nitrogen and oxygen atoms in total. The number of carbonyl (C=O) groups excluding carboxylic acids is 2. The van der Waals surface area contributed by atoms with Crippen LogP contribution in [0.2, 0.25) is 0 Å². The molecular formula is C19H25N7O5S. The number of para-hydroxylation sites is 1. The number of amides is 1. The van der Waals surface area contributed by atoms with E-state index < -0.39 is 34.1 Å². The molecule has 0 bridgehead atoms. The minimum Gasteiger partial charge on any atom is -0.398 e. The summed E-state index contributed by atoms with van der Waals surface area (Å²) in [5.74, 6) is -0.667. The summed E-state index contributed by atoms with van der Waals surface area (Å²) in [6.45, 7) is -0.115. The van der Waals surface area contributed by atoms with Crippen molar-refractivity contribution in [1.29, 1.82) is 0 Å². The van der Waals surface area contributed by atoms with E-state index in [0.29, 0.717) is 25.7 Å². The number of nitrogens with two attached hydrogens (primary N) is 3. The summed E-state index contributed by atoms with van der Waals surface area (Å²) in [4.78, 5) is 39.7. The smallest absolute Gasteiger partial charge is 0.275 e. The van der Waals surface area contributed by atoms with Crippen molar-refractivity contribution in [2.24, 2.45) is 16.5 Å². The van der Waals surface area contributed by atoms with Crippen molar-refractivity contribution in [2.45, 2.75) is 30.3 Å². The van der Waals surface area contributed by atoms with Crippen LogP contribution in [0.5, 0.6) is 0 Å². The SMILES string of the molecule is NC(N)=NCCCC(C=O)NC(=O)Cn1cccc(NS(=O)(=O)c2ccccc2N)c1=O. The second-order valence-electron chi connectivity index (χ2n) is 6.76. The quantitative estimate of drug-likeness (QED) is 0.0913. The number of benzene rings is 1. The number of nitrogen functional groups attached to an aromatic ring is 1. The number of pyridine rings is 1. The van der Waals surface area contributed by atoms with Gasteiger partial charge in [-0.25, -0.2) is 8.42 Å². The maximum atomic E-state index is 12.6. The predicted molar refractivity (Wildman–Crippen MR) is 120 cm³/mol. The van der Waals surface area contributed by atoms with Crippen LogP contribution in [-0.4, -0.2) is 43.7 Å². The maximum absolute atomic E-state index is 12.6. The highest BCUT2D eigenvalue weighted by Gasteiger charge is 2.19. The highest BCUT2D eigenvalue weighted by molar-refractivity contribution is 7.92. The molecule has 1 unspecified atom stereocenters. The van der Waals surface area contributed by atoms with E-state index in [0.717, 1.165) is 4.57 Å². The molecule has 0 saturated carbocycles. The maximum Gasteiger partial charge on any atom is 0.275 e. The van der Waals surface area contributed by atoms with Gasteiger partial charge in [-0.3, -0.25) is 19.3 Å². The summed E-state index contributed by atoms with van der Waals surface area (Å²) in [5.41, 5.74) is 15.2. The number of nitrogens with one attached hydrogen (secondary N) is 2. The van der Waals surface area contributed by atoms with Gasteiger partial charge in [0.15, 0.2) is 5.96 Å². The number of hydrogen-bond acceptors (Lipinski definition) is 7. The first-order valence-corrected chi connectivity index (χ1v) is 11.0. The standard InChI is InChI=1S/C19H25N7O5S/c20-14-6-1-2-8-16(14)32(30,31)25-15-7-4-10-26(18(15)29)11-17(28)24-13(12-27)5-3-9-23-19(21)22/h1-2,4,6-8,10,12-13,25H,3,5,9,11,20H2,(H,24,28)(H4,21,22,23). The topological polar surface area (TPSA) is 205 Å². The van der Waals surface area contributed by atoms with Crippen molar-refractivity contribution in [3.63, 3.8) is 0 Å². The molecule has 1 heterocycles. The molecule has 2 rings (SSSR count). The fourth-order valence-corrected chi connectivity index (χ4v) is 3.96. The van der Waals surface area contributed by atoms with Gasteiger partial charge in [0.25, 0.3) is 15.6 Å². The molecule has 0 spiro atoms. The van der Waals surface area contributed by atoms with Crippen LogP contribution in [0.4, 0.5) is 11.4 Å². The first-order valence-electron chi connectivity index (χ1n) is 9.51. The Morgan fingerprint density at radius 3 is 2.56 bits per heavy atom. The zero-order valence-corrected chi connectivity index (χ0v) is 17.9. The fraction of sp³-hybridized carbons (Fsp3) is 0.263. The number of sulfonamides is 1. The van der Waals surface area contributed by atoms with Crippen molar-refractivity contribution in [1.82, 2.24) is 9.88 Å². The third-order valence-corrected chi connectivity index (χ3v) is 5.70. The van der Waals surface area contributed by atoms with Gasteiger partial charge in [0.1, 0.15) is 23.4 Å². The highest BCUT2D eigenvalue weighted by atomic mass is 32.2. The number of hydrogen-bond donors (Lipinski definition) is 5. The van der Waals surface area contributed by atoms with Gasteiger partial charge in [-0.2, -0.15) is 0 Å². The molecule has 0 fully saturated rings. The lowest BCUT2D eigenvalue weighted by Crippen LogP contribution is -2.40. The Morgan fingerprint density at radius 1 is 1.19 bits per heavy atom. The molecule has 13 heteroatoms. The Morgan fingerprint density at radius 2 is 1.91 bits per heavy atom. The van der Waals surface area contributed by atoms with Crippen LogP contribution in [0.15, 0.2) is 57.3 Å². The lowest BCUT2D eigenvalue weighted by atomic mass is 10.2. The molecule has 2 aromatic rings. The van der Waals surface area contributed by atoms with Gasteiger partial charge >= 0.3 is 0 Å². The van der Waals surface area contributed by atoms with E-state index in [2.05, 4.69) is 15.0 Å². The monoisotopic (exact) mass is 463 g/mol. The van der Waals surface area contributed by atoms with Gasteiger partial charge in [0, 0.05) is 12.7 Å². The lowest BCUT2D eigenvalue weighted by molar-refractivity contribution is -0.124. The number of nitrogens with zero attached hydrogens (tertiary/aromatic N) is 2. The highest BCUT2D eigenvalue weighted by Crippen LogP contribution is 2.19. The van der Waals surface area contributed by atoms with E-state index in [1.165, 1.54) is 36.5 Å². The number of aldehydes is 1. The molecule has 0 aliphatic carbocycles. The molecule has 0 radical (unpaired) electrons. The number of rotatable bonds is 11. The van der Waals surface area contributed by atoms with Gasteiger partial charge in [-0.15, -0.1) is 0 Å². The number of guanidine groups is 1. The molecular weight excluding hydrogens is 438 g/mol. The minimum absolute atomic E-state index is 0.0235. The minimum atomic E-state index is -4.12. The largest absolute Gasteiger partial charge is 0.398 e. The van der Waals surface area contributed by atoms with E-state index in [1.54, 1.807) is 6.07 Å². The first kappa shape index (κ1) is 24.4. The molecule has 1 aromatic carbocycles. The van der Waals surface area contributed by atoms with Gasteiger partial charge in [0.05, 0.1) is 11.7 Å². The Balaban J connectivity index is 2.08. The molecule has 172 valence electrons. The summed E-state index contributed by atoms with van der Waals surface area (Å²) >= 11 is 0. The zero-order chi connectivity index (χ0) is 23.7. The molecule has 1 amide bonds. The third-order valence-electron chi connectivity index (χ3n) is 4.27. The van der Waals surface area contributed by atoms with Gasteiger partial charge in [-0.05, 0) is 37.1 Å². The predicted octanol–water partition coefficient (Wildman–Crippen LogP) is -1.03. The van der Waals surface area contributed by atoms with Crippen LogP contribution in [0.25, 0.3) is 0 Å². The fourth-order valence-electron chi connectivity index (χ4n) is 2.76. The molecule has 0 saturated heterocycles. The summed E-state index contributed by atoms with van der Waals surface area (Å²) in [6.07, 6.45) is 2.66. The first-order chi connectivity index (χ1) is 15.1. The van der Waals surface area contributed by atoms with Crippen LogP contribution >= 0.6 is 0 Å². The zero-order valence-electron chi connectivity index (χ0n) is 17.1. The second-order valence-corrected chi connectivity index (χ2v) is 8.41. The van der Waals surface area contributed by atoms with E-state index in [-0.39, 0.29) is 22.2 Å². The van der Waals surface area contributed by atoms with Crippen LogP contribution < -0.4 is 32.8 Å². The van der Waals surface area contributed by atoms with Crippen LogP contribution in [0.1, 0.15) is 12.8 Å². The van der Waals surface area contributed by atoms with Crippen molar-refractivity contribution in [3.05, 3.63) is 52.9 Å². The molecule has 32 heavy (non-hydrogen) atoms. The Kier molecular flexibility index (Phi) is 8.35.